The van der Waals surface area contributed by atoms with Gasteiger partial charge in [-0.3, -0.25) is 9.59 Å². The molecule has 1 rings (SSSR count). The molecular formula is C12H14F2N2O3. The van der Waals surface area contributed by atoms with E-state index in [-0.39, 0.29) is 13.0 Å². The van der Waals surface area contributed by atoms with E-state index in [1.54, 1.807) is 0 Å². The van der Waals surface area contributed by atoms with Crippen molar-refractivity contribution in [3.8, 4) is 0 Å². The highest BCUT2D eigenvalue weighted by atomic mass is 19.1. The van der Waals surface area contributed by atoms with Gasteiger partial charge in [-0.25, -0.2) is 8.78 Å². The maximum atomic E-state index is 13.2. The maximum Gasteiger partial charge on any atom is 0.313 e. The molecular weight excluding hydrogens is 258 g/mol. The summed E-state index contributed by atoms with van der Waals surface area (Å²) in [6.07, 6.45) is -0.322. The lowest BCUT2D eigenvalue weighted by molar-refractivity contribution is -0.136. The number of aliphatic hydroxyl groups excluding tert-OH is 1. The molecule has 1 atom stereocenters. The van der Waals surface area contributed by atoms with Crippen molar-refractivity contribution in [1.82, 2.24) is 5.32 Å². The summed E-state index contributed by atoms with van der Waals surface area (Å²) < 4.78 is 26.0. The molecule has 7 heteroatoms. The molecule has 0 radical (unpaired) electrons. The fraction of sp³-hybridized carbons (Fsp3) is 0.333. The second kappa shape index (κ2) is 6.79. The predicted octanol–water partition coefficient (Wildman–Crippen LogP) is 0.790. The average Bonchev–Trinajstić information content (AvgIpc) is 2.33. The predicted molar refractivity (Wildman–Crippen MR) is 64.3 cm³/mol. The van der Waals surface area contributed by atoms with Gasteiger partial charge in [-0.1, -0.05) is 0 Å². The molecule has 0 saturated carbocycles. The van der Waals surface area contributed by atoms with Gasteiger partial charge in [0.05, 0.1) is 11.8 Å². The number of amides is 2. The fourth-order valence-electron chi connectivity index (χ4n) is 1.25. The molecule has 0 spiro atoms. The number of hydrogen-bond acceptors (Lipinski definition) is 3. The highest BCUT2D eigenvalue weighted by molar-refractivity contribution is 6.39. The molecule has 104 valence electrons. The van der Waals surface area contributed by atoms with Crippen molar-refractivity contribution in [3.05, 3.63) is 29.8 Å². The van der Waals surface area contributed by atoms with E-state index in [0.29, 0.717) is 0 Å². The Morgan fingerprint density at radius 2 is 2.00 bits per heavy atom. The molecule has 0 aliphatic heterocycles. The maximum absolute atomic E-state index is 13.2. The highest BCUT2D eigenvalue weighted by Crippen LogP contribution is 2.14. The van der Waals surface area contributed by atoms with Crippen LogP contribution in [-0.4, -0.2) is 29.6 Å². The quantitative estimate of drug-likeness (QED) is 0.709. The Kier molecular flexibility index (Phi) is 5.37. The molecule has 0 fully saturated rings. The van der Waals surface area contributed by atoms with Crippen molar-refractivity contribution in [2.24, 2.45) is 0 Å². The van der Waals surface area contributed by atoms with Gasteiger partial charge in [-0.05, 0) is 25.5 Å². The zero-order valence-electron chi connectivity index (χ0n) is 10.2. The monoisotopic (exact) mass is 272 g/mol. The molecule has 3 N–H and O–H groups in total. The normalized spacial score (nSPS) is 11.8. The number of anilines is 1. The highest BCUT2D eigenvalue weighted by Gasteiger charge is 2.15. The molecule has 19 heavy (non-hydrogen) atoms. The van der Waals surface area contributed by atoms with Gasteiger partial charge in [-0.15, -0.1) is 0 Å². The van der Waals surface area contributed by atoms with Gasteiger partial charge in [0.2, 0.25) is 0 Å². The van der Waals surface area contributed by atoms with Gasteiger partial charge in [0, 0.05) is 12.6 Å². The summed E-state index contributed by atoms with van der Waals surface area (Å²) in [6.45, 7) is 1.64. The topological polar surface area (TPSA) is 78.4 Å². The summed E-state index contributed by atoms with van der Waals surface area (Å²) in [5, 5.41) is 13.2. The number of halogens is 2. The smallest absolute Gasteiger partial charge is 0.313 e. The van der Waals surface area contributed by atoms with E-state index in [9.17, 15) is 18.4 Å². The molecule has 1 aromatic rings. The summed E-state index contributed by atoms with van der Waals surface area (Å²) in [5.74, 6) is -3.66. The summed E-state index contributed by atoms with van der Waals surface area (Å²) in [4.78, 5) is 22.7. The molecule has 0 aliphatic carbocycles. The molecule has 0 aliphatic rings. The Hall–Kier alpha value is -2.02. The number of carbonyl (C=O) groups is 2. The number of carbonyl (C=O) groups excluding carboxylic acids is 2. The number of hydrogen-bond donors (Lipinski definition) is 3. The molecule has 1 aromatic carbocycles. The summed E-state index contributed by atoms with van der Waals surface area (Å²) in [6, 6.07) is 2.51. The van der Waals surface area contributed by atoms with Gasteiger partial charge in [0.25, 0.3) is 0 Å². The Morgan fingerprint density at radius 1 is 1.32 bits per heavy atom. The number of nitrogens with one attached hydrogen (secondary N) is 2. The van der Waals surface area contributed by atoms with Crippen LogP contribution in [0, 0.1) is 11.6 Å². The number of benzene rings is 1. The van der Waals surface area contributed by atoms with Gasteiger partial charge in [-0.2, -0.15) is 0 Å². The number of rotatable bonds is 4. The third kappa shape index (κ3) is 5.01. The van der Waals surface area contributed by atoms with Crippen molar-refractivity contribution in [1.29, 1.82) is 0 Å². The first-order valence-electron chi connectivity index (χ1n) is 5.62. The Labute approximate surface area is 108 Å². The molecule has 1 unspecified atom stereocenters. The Bertz CT molecular complexity index is 478. The minimum Gasteiger partial charge on any atom is -0.393 e. The van der Waals surface area contributed by atoms with E-state index < -0.39 is 35.2 Å². The molecule has 0 saturated heterocycles. The van der Waals surface area contributed by atoms with Crippen LogP contribution in [0.15, 0.2) is 18.2 Å². The van der Waals surface area contributed by atoms with Gasteiger partial charge >= 0.3 is 11.8 Å². The zero-order chi connectivity index (χ0) is 14.4. The van der Waals surface area contributed by atoms with Crippen LogP contribution < -0.4 is 10.6 Å². The standard InChI is InChI=1S/C12H14F2N2O3/c1-7(17)4-5-15-11(18)12(19)16-10-6-8(13)2-3-9(10)14/h2-3,6-7,17H,4-5H2,1H3,(H,15,18)(H,16,19). The largest absolute Gasteiger partial charge is 0.393 e. The van der Waals surface area contributed by atoms with Crippen LogP contribution in [0.25, 0.3) is 0 Å². The van der Waals surface area contributed by atoms with Crippen LogP contribution >= 0.6 is 0 Å². The zero-order valence-corrected chi connectivity index (χ0v) is 10.2. The van der Waals surface area contributed by atoms with Crippen molar-refractivity contribution in [2.45, 2.75) is 19.4 Å². The summed E-state index contributed by atoms with van der Waals surface area (Å²) in [5.41, 5.74) is -0.407. The second-order valence-electron chi connectivity index (χ2n) is 3.97. The van der Waals surface area contributed by atoms with Crippen molar-refractivity contribution in [3.63, 3.8) is 0 Å². The van der Waals surface area contributed by atoms with Gasteiger partial charge in [0.1, 0.15) is 11.6 Å². The van der Waals surface area contributed by atoms with E-state index in [1.165, 1.54) is 6.92 Å². The van der Waals surface area contributed by atoms with E-state index >= 15 is 0 Å². The first-order chi connectivity index (χ1) is 8.90. The van der Waals surface area contributed by atoms with Crippen molar-refractivity contribution >= 4 is 17.5 Å². The minimum atomic E-state index is -1.10. The molecule has 0 bridgehead atoms. The van der Waals surface area contributed by atoms with Crippen molar-refractivity contribution in [2.75, 3.05) is 11.9 Å². The van der Waals surface area contributed by atoms with Crippen LogP contribution in [0.2, 0.25) is 0 Å². The van der Waals surface area contributed by atoms with Gasteiger partial charge < -0.3 is 15.7 Å². The Balaban J connectivity index is 2.54. The molecule has 5 nitrogen and oxygen atoms in total. The van der Waals surface area contributed by atoms with E-state index in [2.05, 4.69) is 5.32 Å². The minimum absolute atomic E-state index is 0.107. The number of aliphatic hydroxyl groups is 1. The van der Waals surface area contributed by atoms with Crippen LogP contribution in [0.4, 0.5) is 14.5 Å². The van der Waals surface area contributed by atoms with Crippen LogP contribution in [-0.2, 0) is 9.59 Å². The molecule has 2 amide bonds. The lowest BCUT2D eigenvalue weighted by atomic mass is 10.3. The van der Waals surface area contributed by atoms with E-state index in [0.717, 1.165) is 18.2 Å². The lowest BCUT2D eigenvalue weighted by Gasteiger charge is -2.08. The SMILES string of the molecule is CC(O)CCNC(=O)C(=O)Nc1cc(F)ccc1F. The molecule has 0 heterocycles. The third-order valence-electron chi connectivity index (χ3n) is 2.23. The van der Waals surface area contributed by atoms with E-state index in [1.807, 2.05) is 5.32 Å². The van der Waals surface area contributed by atoms with E-state index in [4.69, 9.17) is 5.11 Å². The lowest BCUT2D eigenvalue weighted by Crippen LogP contribution is -2.36. The fourth-order valence-corrected chi connectivity index (χ4v) is 1.25. The van der Waals surface area contributed by atoms with Gasteiger partial charge in [0.15, 0.2) is 0 Å². The average molecular weight is 272 g/mol. The second-order valence-corrected chi connectivity index (χ2v) is 3.97. The summed E-state index contributed by atoms with van der Waals surface area (Å²) in [7, 11) is 0. The van der Waals surface area contributed by atoms with Crippen molar-refractivity contribution < 1.29 is 23.5 Å². The van der Waals surface area contributed by atoms with Crippen LogP contribution in [0.1, 0.15) is 13.3 Å². The first kappa shape index (κ1) is 15.0. The molecule has 0 aromatic heterocycles. The first-order valence-corrected chi connectivity index (χ1v) is 5.62. The van der Waals surface area contributed by atoms with Crippen LogP contribution in [0.5, 0.6) is 0 Å². The Morgan fingerprint density at radius 3 is 2.63 bits per heavy atom. The third-order valence-corrected chi connectivity index (χ3v) is 2.23. The summed E-state index contributed by atoms with van der Waals surface area (Å²) >= 11 is 0. The van der Waals surface area contributed by atoms with Crippen LogP contribution in [0.3, 0.4) is 0 Å².